The molecule has 1 heterocycles. The van der Waals surface area contributed by atoms with Crippen LogP contribution < -0.4 is 10.6 Å². The number of nitrogens with zero attached hydrogens (tertiary/aromatic N) is 3. The number of hydrogen-bond donors (Lipinski definition) is 2. The van der Waals surface area contributed by atoms with Gasteiger partial charge in [-0.1, -0.05) is 29.8 Å². The van der Waals surface area contributed by atoms with Crippen molar-refractivity contribution in [3.8, 4) is 6.07 Å². The topological polar surface area (TPSA) is 73.6 Å². The van der Waals surface area contributed by atoms with Gasteiger partial charge in [0.25, 0.3) is 0 Å². The summed E-state index contributed by atoms with van der Waals surface area (Å²) in [5.41, 5.74) is 2.47. The number of benzene rings is 2. The van der Waals surface area contributed by atoms with Crippen LogP contribution in [0.2, 0.25) is 5.02 Å². The zero-order chi connectivity index (χ0) is 17.6. The predicted molar refractivity (Wildman–Crippen MR) is 100.0 cm³/mol. The van der Waals surface area contributed by atoms with Crippen LogP contribution in [0.4, 0.5) is 17.3 Å². The third kappa shape index (κ3) is 4.46. The standard InChI is InChI=1S/C19H16ClN5/c1-13-23-18(22-12-15-4-2-3-5-17(15)20)10-19(24-13)25-16-8-6-14(11-21)7-9-16/h2-10H,12H2,1H3,(H2,22,23,24,25). The average Bonchev–Trinajstić information content (AvgIpc) is 2.61. The molecule has 3 rings (SSSR count). The fourth-order valence-corrected chi connectivity index (χ4v) is 2.53. The van der Waals surface area contributed by atoms with E-state index in [-0.39, 0.29) is 0 Å². The van der Waals surface area contributed by atoms with Crippen LogP contribution in [0.5, 0.6) is 0 Å². The number of aryl methyl sites for hydroxylation is 1. The third-order valence-electron chi connectivity index (χ3n) is 3.54. The van der Waals surface area contributed by atoms with Gasteiger partial charge < -0.3 is 10.6 Å². The van der Waals surface area contributed by atoms with Gasteiger partial charge in [0.2, 0.25) is 0 Å². The zero-order valence-corrected chi connectivity index (χ0v) is 14.4. The first-order chi connectivity index (χ1) is 12.1. The minimum Gasteiger partial charge on any atom is -0.366 e. The van der Waals surface area contributed by atoms with E-state index in [4.69, 9.17) is 16.9 Å². The molecule has 0 unspecified atom stereocenters. The SMILES string of the molecule is Cc1nc(NCc2ccccc2Cl)cc(Nc2ccc(C#N)cc2)n1. The second kappa shape index (κ2) is 7.65. The van der Waals surface area contributed by atoms with E-state index >= 15 is 0 Å². The van der Waals surface area contributed by atoms with E-state index in [0.717, 1.165) is 16.3 Å². The molecule has 0 radical (unpaired) electrons. The van der Waals surface area contributed by atoms with Gasteiger partial charge in [-0.15, -0.1) is 0 Å². The fourth-order valence-electron chi connectivity index (χ4n) is 2.33. The molecule has 0 saturated carbocycles. The summed E-state index contributed by atoms with van der Waals surface area (Å²) in [4.78, 5) is 8.79. The molecule has 0 aliphatic rings. The highest BCUT2D eigenvalue weighted by Gasteiger charge is 2.04. The van der Waals surface area contributed by atoms with Crippen molar-refractivity contribution in [2.24, 2.45) is 0 Å². The molecule has 0 atom stereocenters. The number of anilines is 3. The second-order valence-corrected chi connectivity index (χ2v) is 5.85. The van der Waals surface area contributed by atoms with Crippen LogP contribution in [0.25, 0.3) is 0 Å². The monoisotopic (exact) mass is 349 g/mol. The number of halogens is 1. The smallest absolute Gasteiger partial charge is 0.136 e. The Morgan fingerprint density at radius 3 is 2.48 bits per heavy atom. The van der Waals surface area contributed by atoms with Crippen LogP contribution in [-0.2, 0) is 6.54 Å². The maximum Gasteiger partial charge on any atom is 0.136 e. The van der Waals surface area contributed by atoms with Crippen LogP contribution in [0, 0.1) is 18.3 Å². The molecule has 2 N–H and O–H groups in total. The van der Waals surface area contributed by atoms with E-state index in [1.54, 1.807) is 12.1 Å². The Bertz CT molecular complexity index is 916. The molecule has 5 nitrogen and oxygen atoms in total. The highest BCUT2D eigenvalue weighted by Crippen LogP contribution is 2.20. The van der Waals surface area contributed by atoms with E-state index in [1.807, 2.05) is 49.4 Å². The van der Waals surface area contributed by atoms with E-state index < -0.39 is 0 Å². The summed E-state index contributed by atoms with van der Waals surface area (Å²) in [6.45, 7) is 2.41. The molecule has 1 aromatic heterocycles. The van der Waals surface area contributed by atoms with Crippen molar-refractivity contribution in [3.63, 3.8) is 0 Å². The first-order valence-electron chi connectivity index (χ1n) is 7.74. The van der Waals surface area contributed by atoms with Crippen molar-refractivity contribution >= 4 is 28.9 Å². The molecule has 25 heavy (non-hydrogen) atoms. The second-order valence-electron chi connectivity index (χ2n) is 5.44. The molecule has 0 bridgehead atoms. The van der Waals surface area contributed by atoms with Crippen molar-refractivity contribution in [1.29, 1.82) is 5.26 Å². The lowest BCUT2D eigenvalue weighted by molar-refractivity contribution is 1.03. The van der Waals surface area contributed by atoms with E-state index in [2.05, 4.69) is 26.7 Å². The maximum absolute atomic E-state index is 8.85. The third-order valence-corrected chi connectivity index (χ3v) is 3.91. The number of hydrogen-bond acceptors (Lipinski definition) is 5. The minimum atomic E-state index is 0.576. The summed E-state index contributed by atoms with van der Waals surface area (Å²) in [6.07, 6.45) is 0. The van der Waals surface area contributed by atoms with Crippen molar-refractivity contribution in [1.82, 2.24) is 9.97 Å². The number of rotatable bonds is 5. The lowest BCUT2D eigenvalue weighted by Crippen LogP contribution is -2.05. The summed E-state index contributed by atoms with van der Waals surface area (Å²) in [5, 5.41) is 16.1. The van der Waals surface area contributed by atoms with Crippen LogP contribution >= 0.6 is 11.6 Å². The predicted octanol–water partition coefficient (Wildman–Crippen LogP) is 4.67. The molecule has 6 heteroatoms. The summed E-state index contributed by atoms with van der Waals surface area (Å²) in [7, 11) is 0. The van der Waals surface area contributed by atoms with Gasteiger partial charge in [-0.2, -0.15) is 5.26 Å². The van der Waals surface area contributed by atoms with Gasteiger partial charge in [0.1, 0.15) is 17.5 Å². The number of aromatic nitrogens is 2. The van der Waals surface area contributed by atoms with Crippen LogP contribution in [0.1, 0.15) is 17.0 Å². The van der Waals surface area contributed by atoms with Crippen molar-refractivity contribution in [2.45, 2.75) is 13.5 Å². The fraction of sp³-hybridized carbons (Fsp3) is 0.105. The Hall–Kier alpha value is -3.10. The van der Waals surface area contributed by atoms with Crippen molar-refractivity contribution < 1.29 is 0 Å². The Morgan fingerprint density at radius 2 is 1.76 bits per heavy atom. The molecule has 0 fully saturated rings. The molecule has 124 valence electrons. The molecular formula is C19H16ClN5. The van der Waals surface area contributed by atoms with Crippen LogP contribution in [0.3, 0.4) is 0 Å². The van der Waals surface area contributed by atoms with Gasteiger partial charge in [-0.05, 0) is 42.8 Å². The average molecular weight is 350 g/mol. The molecule has 0 amide bonds. The highest BCUT2D eigenvalue weighted by atomic mass is 35.5. The minimum absolute atomic E-state index is 0.576. The Kier molecular flexibility index (Phi) is 5.12. The Balaban J connectivity index is 1.73. The highest BCUT2D eigenvalue weighted by molar-refractivity contribution is 6.31. The molecule has 0 aliphatic heterocycles. The summed E-state index contributed by atoms with van der Waals surface area (Å²) < 4.78 is 0. The summed E-state index contributed by atoms with van der Waals surface area (Å²) in [5.74, 6) is 2.04. The van der Waals surface area contributed by atoms with Gasteiger partial charge >= 0.3 is 0 Å². The largest absolute Gasteiger partial charge is 0.366 e. The van der Waals surface area contributed by atoms with Crippen molar-refractivity contribution in [3.05, 3.63) is 76.6 Å². The first kappa shape index (κ1) is 16.7. The molecule has 2 aromatic carbocycles. The lowest BCUT2D eigenvalue weighted by Gasteiger charge is -2.11. The number of nitrogens with one attached hydrogen (secondary N) is 2. The normalized spacial score (nSPS) is 10.1. The maximum atomic E-state index is 8.85. The van der Waals surface area contributed by atoms with Gasteiger partial charge in [0.05, 0.1) is 11.6 Å². The van der Waals surface area contributed by atoms with Gasteiger partial charge in [0, 0.05) is 23.3 Å². The van der Waals surface area contributed by atoms with Crippen LogP contribution in [-0.4, -0.2) is 9.97 Å². The first-order valence-corrected chi connectivity index (χ1v) is 8.12. The Labute approximate surface area is 151 Å². The summed E-state index contributed by atoms with van der Waals surface area (Å²) >= 11 is 6.18. The van der Waals surface area contributed by atoms with E-state index in [0.29, 0.717) is 29.6 Å². The van der Waals surface area contributed by atoms with Crippen LogP contribution in [0.15, 0.2) is 54.6 Å². The molecule has 3 aromatic rings. The van der Waals surface area contributed by atoms with Crippen molar-refractivity contribution in [2.75, 3.05) is 10.6 Å². The van der Waals surface area contributed by atoms with E-state index in [1.165, 1.54) is 0 Å². The Morgan fingerprint density at radius 1 is 1.04 bits per heavy atom. The molecule has 0 saturated heterocycles. The van der Waals surface area contributed by atoms with E-state index in [9.17, 15) is 0 Å². The van der Waals surface area contributed by atoms with Gasteiger partial charge in [-0.25, -0.2) is 9.97 Å². The van der Waals surface area contributed by atoms with Gasteiger partial charge in [-0.3, -0.25) is 0 Å². The quantitative estimate of drug-likeness (QED) is 0.700. The summed E-state index contributed by atoms with van der Waals surface area (Å²) in [6, 6.07) is 18.8. The zero-order valence-electron chi connectivity index (χ0n) is 13.6. The molecule has 0 spiro atoms. The number of nitriles is 1. The molecular weight excluding hydrogens is 334 g/mol. The van der Waals surface area contributed by atoms with Gasteiger partial charge in [0.15, 0.2) is 0 Å². The lowest BCUT2D eigenvalue weighted by atomic mass is 10.2. The molecule has 0 aliphatic carbocycles.